The van der Waals surface area contributed by atoms with E-state index in [0.29, 0.717) is 6.54 Å². The Labute approximate surface area is 193 Å². The second kappa shape index (κ2) is 9.40. The molecule has 1 fully saturated rings. The highest BCUT2D eigenvalue weighted by Crippen LogP contribution is 2.36. The Morgan fingerprint density at radius 1 is 1.00 bits per heavy atom. The average Bonchev–Trinajstić information content (AvgIpc) is 3.27. The van der Waals surface area contributed by atoms with Crippen molar-refractivity contribution in [2.24, 2.45) is 5.92 Å². The number of fused-ring (bicyclic) bond motifs is 1. The second-order valence-corrected chi connectivity index (χ2v) is 8.76. The molecule has 3 N–H and O–H groups in total. The zero-order valence-corrected chi connectivity index (χ0v) is 18.7. The lowest BCUT2D eigenvalue weighted by Crippen LogP contribution is -2.32. The molecule has 0 radical (unpaired) electrons. The van der Waals surface area contributed by atoms with E-state index in [0.717, 1.165) is 65.3 Å². The predicted molar refractivity (Wildman–Crippen MR) is 129 cm³/mol. The van der Waals surface area contributed by atoms with Gasteiger partial charge in [0.2, 0.25) is 5.91 Å². The van der Waals surface area contributed by atoms with Crippen LogP contribution in [-0.4, -0.2) is 26.1 Å². The Kier molecular flexibility index (Phi) is 6.02. The molecule has 168 valence electrons. The minimum absolute atomic E-state index is 0.0510. The first-order valence-electron chi connectivity index (χ1n) is 11.5. The molecule has 0 atom stereocenters. The summed E-state index contributed by atoms with van der Waals surface area (Å²) in [6.07, 6.45) is 3.51. The zero-order chi connectivity index (χ0) is 22.6. The first-order chi connectivity index (χ1) is 16.2. The lowest BCUT2D eigenvalue weighted by Gasteiger charge is -2.27. The standard InChI is InChI=1S/C26H28N6O/c1-17-15-23(32-31-17)29-25-21-9-5-6-10-22(21)28-24(30-25)19-11-13-20(14-12-19)26(33)27-16-18-7-3-2-4-8-18/h2-10,15,19-20H,11-14,16H2,1H3,(H,27,33)(H2,28,29,30,31,32). The van der Waals surface area contributed by atoms with E-state index >= 15 is 0 Å². The van der Waals surface area contributed by atoms with Crippen molar-refractivity contribution < 1.29 is 4.79 Å². The number of amides is 1. The minimum atomic E-state index is 0.0510. The number of nitrogens with one attached hydrogen (secondary N) is 3. The fourth-order valence-corrected chi connectivity index (χ4v) is 4.52. The Hall–Kier alpha value is -3.74. The van der Waals surface area contributed by atoms with Crippen LogP contribution in [0, 0.1) is 12.8 Å². The first-order valence-corrected chi connectivity index (χ1v) is 11.5. The van der Waals surface area contributed by atoms with Gasteiger partial charge in [-0.2, -0.15) is 5.10 Å². The molecule has 1 saturated carbocycles. The molecule has 2 heterocycles. The van der Waals surface area contributed by atoms with Crippen LogP contribution in [0.2, 0.25) is 0 Å². The number of anilines is 2. The van der Waals surface area contributed by atoms with E-state index < -0.39 is 0 Å². The van der Waals surface area contributed by atoms with Crippen molar-refractivity contribution in [1.82, 2.24) is 25.5 Å². The quantitative estimate of drug-likeness (QED) is 0.392. The zero-order valence-electron chi connectivity index (χ0n) is 18.7. The molecule has 2 aromatic heterocycles. The number of carbonyl (C=O) groups is 1. The van der Waals surface area contributed by atoms with Crippen LogP contribution in [0.25, 0.3) is 10.9 Å². The first kappa shape index (κ1) is 21.1. The lowest BCUT2D eigenvalue weighted by molar-refractivity contribution is -0.126. The van der Waals surface area contributed by atoms with Crippen LogP contribution in [-0.2, 0) is 11.3 Å². The van der Waals surface area contributed by atoms with Gasteiger partial charge in [0.1, 0.15) is 11.6 Å². The summed E-state index contributed by atoms with van der Waals surface area (Å²) in [6, 6.07) is 20.0. The minimum Gasteiger partial charge on any atom is -0.352 e. The van der Waals surface area contributed by atoms with Gasteiger partial charge in [0.15, 0.2) is 5.82 Å². The number of aromatic amines is 1. The summed E-state index contributed by atoms with van der Waals surface area (Å²) >= 11 is 0. The maximum absolute atomic E-state index is 12.7. The van der Waals surface area contributed by atoms with Crippen LogP contribution in [0.1, 0.15) is 48.7 Å². The van der Waals surface area contributed by atoms with Gasteiger partial charge in [-0.25, -0.2) is 9.97 Å². The summed E-state index contributed by atoms with van der Waals surface area (Å²) in [5, 5.41) is 14.7. The van der Waals surface area contributed by atoms with Crippen LogP contribution in [0.15, 0.2) is 60.7 Å². The second-order valence-electron chi connectivity index (χ2n) is 8.76. The van der Waals surface area contributed by atoms with Gasteiger partial charge in [0, 0.05) is 35.5 Å². The van der Waals surface area contributed by atoms with Gasteiger partial charge in [0.05, 0.1) is 5.52 Å². The number of benzene rings is 2. The highest BCUT2D eigenvalue weighted by Gasteiger charge is 2.29. The SMILES string of the molecule is Cc1cc(Nc2nc(C3CCC(C(=O)NCc4ccccc4)CC3)nc3ccccc23)n[nH]1. The Bertz CT molecular complexity index is 1240. The molecule has 0 bridgehead atoms. The van der Waals surface area contributed by atoms with Crippen LogP contribution in [0.5, 0.6) is 0 Å². The molecule has 2 aromatic carbocycles. The molecule has 4 aromatic rings. The van der Waals surface area contributed by atoms with Crippen LogP contribution >= 0.6 is 0 Å². The van der Waals surface area contributed by atoms with E-state index in [9.17, 15) is 4.79 Å². The molecular formula is C26H28N6O. The summed E-state index contributed by atoms with van der Waals surface area (Å²) < 4.78 is 0. The van der Waals surface area contributed by atoms with Crippen molar-refractivity contribution in [3.05, 3.63) is 77.7 Å². The number of rotatable bonds is 6. The van der Waals surface area contributed by atoms with Gasteiger partial charge in [-0.05, 0) is 50.3 Å². The smallest absolute Gasteiger partial charge is 0.223 e. The monoisotopic (exact) mass is 440 g/mol. The Balaban J connectivity index is 1.27. The van der Waals surface area contributed by atoms with E-state index in [-0.39, 0.29) is 17.7 Å². The number of nitrogens with zero attached hydrogens (tertiary/aromatic N) is 3. The molecule has 0 spiro atoms. The Morgan fingerprint density at radius 2 is 1.76 bits per heavy atom. The molecule has 0 unspecified atom stereocenters. The van der Waals surface area contributed by atoms with Crippen LogP contribution in [0.4, 0.5) is 11.6 Å². The van der Waals surface area contributed by atoms with Crippen molar-refractivity contribution in [3.63, 3.8) is 0 Å². The Morgan fingerprint density at radius 3 is 2.52 bits per heavy atom. The molecule has 1 aliphatic carbocycles. The molecule has 1 amide bonds. The average molecular weight is 441 g/mol. The van der Waals surface area contributed by atoms with E-state index in [1.54, 1.807) is 0 Å². The number of aryl methyl sites for hydroxylation is 1. The van der Waals surface area contributed by atoms with Crippen LogP contribution in [0.3, 0.4) is 0 Å². The van der Waals surface area contributed by atoms with Crippen LogP contribution < -0.4 is 10.6 Å². The third-order valence-corrected chi connectivity index (χ3v) is 6.35. The molecule has 5 rings (SSSR count). The summed E-state index contributed by atoms with van der Waals surface area (Å²) in [4.78, 5) is 22.5. The van der Waals surface area contributed by atoms with E-state index in [1.165, 1.54) is 0 Å². The number of para-hydroxylation sites is 1. The van der Waals surface area contributed by atoms with Gasteiger partial charge in [-0.1, -0.05) is 42.5 Å². The van der Waals surface area contributed by atoms with Crippen molar-refractivity contribution in [2.75, 3.05) is 5.32 Å². The molecule has 7 nitrogen and oxygen atoms in total. The number of aromatic nitrogens is 4. The molecule has 0 aliphatic heterocycles. The normalized spacial score (nSPS) is 18.2. The molecule has 1 aliphatic rings. The number of hydrogen-bond acceptors (Lipinski definition) is 5. The number of H-pyrrole nitrogens is 1. The molecule has 0 saturated heterocycles. The van der Waals surface area contributed by atoms with Crippen molar-refractivity contribution in [3.8, 4) is 0 Å². The van der Waals surface area contributed by atoms with Gasteiger partial charge in [-0.3, -0.25) is 9.89 Å². The van der Waals surface area contributed by atoms with Gasteiger partial charge < -0.3 is 10.6 Å². The highest BCUT2D eigenvalue weighted by molar-refractivity contribution is 5.90. The summed E-state index contributed by atoms with van der Waals surface area (Å²) in [5.74, 6) is 2.79. The molecular weight excluding hydrogens is 412 g/mol. The van der Waals surface area contributed by atoms with Gasteiger partial charge >= 0.3 is 0 Å². The third kappa shape index (κ3) is 4.87. The summed E-state index contributed by atoms with van der Waals surface area (Å²) in [7, 11) is 0. The highest BCUT2D eigenvalue weighted by atomic mass is 16.1. The van der Waals surface area contributed by atoms with Crippen molar-refractivity contribution >= 4 is 28.4 Å². The maximum Gasteiger partial charge on any atom is 0.223 e. The van der Waals surface area contributed by atoms with E-state index in [4.69, 9.17) is 9.97 Å². The molecule has 7 heteroatoms. The largest absolute Gasteiger partial charge is 0.352 e. The number of hydrogen-bond donors (Lipinski definition) is 3. The molecule has 33 heavy (non-hydrogen) atoms. The fraction of sp³-hybridized carbons (Fsp3) is 0.308. The van der Waals surface area contributed by atoms with Crippen molar-refractivity contribution in [1.29, 1.82) is 0 Å². The van der Waals surface area contributed by atoms with Gasteiger partial charge in [-0.15, -0.1) is 0 Å². The predicted octanol–water partition coefficient (Wildman–Crippen LogP) is 5.00. The van der Waals surface area contributed by atoms with E-state index in [2.05, 4.69) is 20.8 Å². The van der Waals surface area contributed by atoms with Crippen molar-refractivity contribution in [2.45, 2.75) is 45.1 Å². The van der Waals surface area contributed by atoms with Gasteiger partial charge in [0.25, 0.3) is 0 Å². The fourth-order valence-electron chi connectivity index (χ4n) is 4.52. The summed E-state index contributed by atoms with van der Waals surface area (Å²) in [5.41, 5.74) is 3.02. The topological polar surface area (TPSA) is 95.6 Å². The number of carbonyl (C=O) groups excluding carboxylic acids is 1. The third-order valence-electron chi connectivity index (χ3n) is 6.35. The maximum atomic E-state index is 12.7. The summed E-state index contributed by atoms with van der Waals surface area (Å²) in [6.45, 7) is 2.55. The van der Waals surface area contributed by atoms with E-state index in [1.807, 2.05) is 67.6 Å². The lowest BCUT2D eigenvalue weighted by atomic mass is 9.81.